The molecule has 170 valence electrons. The van der Waals surface area contributed by atoms with E-state index in [0.717, 1.165) is 6.42 Å². The van der Waals surface area contributed by atoms with Crippen LogP contribution in [-0.2, 0) is 15.9 Å². The fourth-order valence-corrected chi connectivity index (χ4v) is 2.76. The van der Waals surface area contributed by atoms with Gasteiger partial charge in [-0.05, 0) is 24.1 Å². The summed E-state index contributed by atoms with van der Waals surface area (Å²) in [5.41, 5.74) is 6.61. The van der Waals surface area contributed by atoms with Gasteiger partial charge in [-0.1, -0.05) is 48.5 Å². The molecule has 0 aliphatic rings. The van der Waals surface area contributed by atoms with Crippen LogP contribution in [0.5, 0.6) is 11.8 Å². The number of para-hydroxylation sites is 1. The van der Waals surface area contributed by atoms with Crippen LogP contribution in [0, 0.1) is 0 Å². The fourth-order valence-electron chi connectivity index (χ4n) is 2.76. The smallest absolute Gasteiger partial charge is 0.328 e. The van der Waals surface area contributed by atoms with Gasteiger partial charge in [-0.2, -0.15) is 15.0 Å². The van der Waals surface area contributed by atoms with E-state index in [4.69, 9.17) is 19.9 Å². The Labute approximate surface area is 188 Å². The maximum Gasteiger partial charge on any atom is 0.328 e. The van der Waals surface area contributed by atoms with Crippen molar-refractivity contribution in [3.8, 4) is 11.8 Å². The largest absolute Gasteiger partial charge is 0.424 e. The summed E-state index contributed by atoms with van der Waals surface area (Å²) in [4.78, 5) is 13.2. The third-order valence-corrected chi connectivity index (χ3v) is 4.27. The Kier molecular flexibility index (Phi) is 10.2. The van der Waals surface area contributed by atoms with E-state index in [1.165, 1.54) is 5.56 Å². The standard InChI is InChI=1S/C23H30N6O3/c24-12-15-30-17-18-31-16-14-26-22-27-21(25-13-11-19-7-3-1-4-8-19)28-23(29-22)32-20-9-5-2-6-10-20/h1-10H,11-18,24H2,(H2,25,26,27,28,29). The molecule has 0 atom stereocenters. The number of rotatable bonds is 15. The van der Waals surface area contributed by atoms with E-state index in [1.807, 2.05) is 48.5 Å². The number of aromatic nitrogens is 3. The van der Waals surface area contributed by atoms with Crippen LogP contribution < -0.4 is 21.1 Å². The van der Waals surface area contributed by atoms with Gasteiger partial charge < -0.3 is 30.6 Å². The van der Waals surface area contributed by atoms with Crippen molar-refractivity contribution in [3.63, 3.8) is 0 Å². The van der Waals surface area contributed by atoms with Crippen LogP contribution in [0.15, 0.2) is 60.7 Å². The highest BCUT2D eigenvalue weighted by Crippen LogP contribution is 2.19. The lowest BCUT2D eigenvalue weighted by atomic mass is 10.1. The SMILES string of the molecule is NCCOCCOCCNc1nc(NCCc2ccccc2)nc(Oc2ccccc2)n1. The molecule has 3 aromatic rings. The van der Waals surface area contributed by atoms with Crippen LogP contribution in [0.1, 0.15) is 5.56 Å². The monoisotopic (exact) mass is 438 g/mol. The molecule has 0 spiro atoms. The second-order valence-corrected chi connectivity index (χ2v) is 6.78. The molecule has 0 aliphatic carbocycles. The molecule has 0 unspecified atom stereocenters. The number of anilines is 2. The van der Waals surface area contributed by atoms with Gasteiger partial charge in [0, 0.05) is 19.6 Å². The summed E-state index contributed by atoms with van der Waals surface area (Å²) in [7, 11) is 0. The van der Waals surface area contributed by atoms with Gasteiger partial charge in [0.05, 0.1) is 26.4 Å². The molecule has 0 fully saturated rings. The lowest BCUT2D eigenvalue weighted by molar-refractivity contribution is 0.0547. The highest BCUT2D eigenvalue weighted by atomic mass is 16.5. The van der Waals surface area contributed by atoms with Gasteiger partial charge in [0.15, 0.2) is 0 Å². The van der Waals surface area contributed by atoms with Crippen LogP contribution in [-0.4, -0.2) is 61.0 Å². The minimum atomic E-state index is 0.215. The topological polar surface area (TPSA) is 116 Å². The van der Waals surface area contributed by atoms with Gasteiger partial charge in [-0.25, -0.2) is 0 Å². The molecule has 4 N–H and O–H groups in total. The van der Waals surface area contributed by atoms with Gasteiger partial charge >= 0.3 is 6.01 Å². The van der Waals surface area contributed by atoms with Crippen LogP contribution >= 0.6 is 0 Å². The highest BCUT2D eigenvalue weighted by Gasteiger charge is 2.09. The molecule has 9 nitrogen and oxygen atoms in total. The molecule has 1 heterocycles. The molecule has 0 saturated carbocycles. The molecule has 9 heteroatoms. The predicted octanol–water partition coefficient (Wildman–Crippen LogP) is 2.72. The average molecular weight is 439 g/mol. The fraction of sp³-hybridized carbons (Fsp3) is 0.348. The lowest BCUT2D eigenvalue weighted by Gasteiger charge is -2.11. The average Bonchev–Trinajstić information content (AvgIpc) is 2.82. The number of ether oxygens (including phenoxy) is 3. The zero-order valence-electron chi connectivity index (χ0n) is 18.1. The summed E-state index contributed by atoms with van der Waals surface area (Å²) in [6, 6.07) is 19.9. The highest BCUT2D eigenvalue weighted by molar-refractivity contribution is 5.37. The second kappa shape index (κ2) is 13.9. The number of nitrogens with zero attached hydrogens (tertiary/aromatic N) is 3. The Morgan fingerprint density at radius 3 is 2.00 bits per heavy atom. The summed E-state index contributed by atoms with van der Waals surface area (Å²) >= 11 is 0. The maximum atomic E-state index is 5.81. The van der Waals surface area contributed by atoms with Gasteiger partial charge in [-0.3, -0.25) is 0 Å². The van der Waals surface area contributed by atoms with Crippen LogP contribution in [0.3, 0.4) is 0 Å². The lowest BCUT2D eigenvalue weighted by Crippen LogP contribution is -2.17. The van der Waals surface area contributed by atoms with E-state index in [0.29, 0.717) is 63.7 Å². The predicted molar refractivity (Wildman–Crippen MR) is 124 cm³/mol. The van der Waals surface area contributed by atoms with Crippen molar-refractivity contribution in [2.75, 3.05) is 56.7 Å². The van der Waals surface area contributed by atoms with Crippen LogP contribution in [0.4, 0.5) is 11.9 Å². The molecule has 0 radical (unpaired) electrons. The van der Waals surface area contributed by atoms with E-state index in [-0.39, 0.29) is 6.01 Å². The maximum absolute atomic E-state index is 5.81. The number of nitrogens with two attached hydrogens (primary N) is 1. The summed E-state index contributed by atoms with van der Waals surface area (Å²) < 4.78 is 16.6. The van der Waals surface area contributed by atoms with Crippen molar-refractivity contribution in [1.29, 1.82) is 0 Å². The first kappa shape index (κ1) is 23.4. The summed E-state index contributed by atoms with van der Waals surface area (Å²) in [6.07, 6.45) is 0.851. The van der Waals surface area contributed by atoms with Gasteiger partial charge in [0.1, 0.15) is 5.75 Å². The van der Waals surface area contributed by atoms with E-state index in [9.17, 15) is 0 Å². The number of hydrogen-bond acceptors (Lipinski definition) is 9. The van der Waals surface area contributed by atoms with E-state index in [2.05, 4.69) is 37.7 Å². The van der Waals surface area contributed by atoms with Gasteiger partial charge in [0.25, 0.3) is 0 Å². The number of hydrogen-bond donors (Lipinski definition) is 3. The second-order valence-electron chi connectivity index (χ2n) is 6.78. The first-order chi connectivity index (χ1) is 15.8. The van der Waals surface area contributed by atoms with Crippen molar-refractivity contribution in [3.05, 3.63) is 66.2 Å². The van der Waals surface area contributed by atoms with Crippen molar-refractivity contribution in [2.45, 2.75) is 6.42 Å². The van der Waals surface area contributed by atoms with Crippen molar-refractivity contribution < 1.29 is 14.2 Å². The summed E-state index contributed by atoms with van der Waals surface area (Å²) in [5.74, 6) is 1.51. The van der Waals surface area contributed by atoms with Crippen LogP contribution in [0.2, 0.25) is 0 Å². The van der Waals surface area contributed by atoms with E-state index in [1.54, 1.807) is 0 Å². The van der Waals surface area contributed by atoms with Gasteiger partial charge in [-0.15, -0.1) is 0 Å². The molecule has 0 saturated heterocycles. The van der Waals surface area contributed by atoms with E-state index < -0.39 is 0 Å². The van der Waals surface area contributed by atoms with Gasteiger partial charge in [0.2, 0.25) is 11.9 Å². The third kappa shape index (κ3) is 8.84. The summed E-state index contributed by atoms with van der Waals surface area (Å²) in [5, 5.41) is 6.40. The minimum Gasteiger partial charge on any atom is -0.424 e. The first-order valence-corrected chi connectivity index (χ1v) is 10.7. The van der Waals surface area contributed by atoms with Crippen molar-refractivity contribution >= 4 is 11.9 Å². The Morgan fingerprint density at radius 1 is 0.688 bits per heavy atom. The third-order valence-electron chi connectivity index (χ3n) is 4.27. The molecular formula is C23H30N6O3. The molecule has 1 aromatic heterocycles. The van der Waals surface area contributed by atoms with E-state index >= 15 is 0 Å². The first-order valence-electron chi connectivity index (χ1n) is 10.7. The molecule has 0 amide bonds. The molecule has 0 aliphatic heterocycles. The summed E-state index contributed by atoms with van der Waals surface area (Å²) in [6.45, 7) is 3.79. The number of benzene rings is 2. The zero-order chi connectivity index (χ0) is 22.3. The van der Waals surface area contributed by atoms with Crippen molar-refractivity contribution in [1.82, 2.24) is 15.0 Å². The van der Waals surface area contributed by atoms with Crippen LogP contribution in [0.25, 0.3) is 0 Å². The molecular weight excluding hydrogens is 408 g/mol. The van der Waals surface area contributed by atoms with Crippen molar-refractivity contribution in [2.24, 2.45) is 5.73 Å². The molecule has 0 bridgehead atoms. The quantitative estimate of drug-likeness (QED) is 0.308. The number of nitrogens with one attached hydrogen (secondary N) is 2. The Balaban J connectivity index is 1.54. The zero-order valence-corrected chi connectivity index (χ0v) is 18.1. The molecule has 3 rings (SSSR count). The Morgan fingerprint density at radius 2 is 1.31 bits per heavy atom. The Hall–Kier alpha value is -3.27. The Bertz CT molecular complexity index is 899. The minimum absolute atomic E-state index is 0.215. The molecule has 2 aromatic carbocycles. The molecule has 32 heavy (non-hydrogen) atoms. The normalized spacial score (nSPS) is 10.7.